The van der Waals surface area contributed by atoms with Crippen molar-refractivity contribution in [3.8, 4) is 44.5 Å². The van der Waals surface area contributed by atoms with Gasteiger partial charge >= 0.3 is 0 Å². The molecule has 11 aromatic rings. The summed E-state index contributed by atoms with van der Waals surface area (Å²) in [5, 5.41) is 0.307. The van der Waals surface area contributed by atoms with Gasteiger partial charge in [-0.2, -0.15) is 0 Å². The van der Waals surface area contributed by atoms with Crippen LogP contribution < -0.4 is 0 Å². The van der Waals surface area contributed by atoms with E-state index in [0.29, 0.717) is 21.9 Å². The van der Waals surface area contributed by atoms with E-state index in [0.717, 1.165) is 21.9 Å². The predicted octanol–water partition coefficient (Wildman–Crippen LogP) is 14.9. The number of hydrogen-bond donors (Lipinski definition) is 0. The minimum absolute atomic E-state index is 0.125. The van der Waals surface area contributed by atoms with Crippen LogP contribution in [-0.4, -0.2) is 0 Å². The van der Waals surface area contributed by atoms with E-state index >= 15 is 0 Å². The average molecular weight is 692 g/mol. The van der Waals surface area contributed by atoms with Crippen molar-refractivity contribution in [1.82, 2.24) is 0 Å². The molecule has 0 N–H and O–H groups in total. The van der Waals surface area contributed by atoms with E-state index in [4.69, 9.17) is 19.5 Å². The Morgan fingerprint density at radius 3 is 1.49 bits per heavy atom. The first-order valence-electron chi connectivity index (χ1n) is 26.2. The molecule has 0 fully saturated rings. The van der Waals surface area contributed by atoms with Gasteiger partial charge in [0.25, 0.3) is 0 Å². The number of fused-ring (bicyclic) bond motifs is 7. The van der Waals surface area contributed by atoms with Crippen molar-refractivity contribution in [2.24, 2.45) is 0 Å². The first-order valence-corrected chi connectivity index (χ1v) is 16.7. The topological polar surface area (TPSA) is 13.1 Å². The van der Waals surface area contributed by atoms with Crippen molar-refractivity contribution in [3.05, 3.63) is 194 Å². The third-order valence-corrected chi connectivity index (χ3v) is 9.73. The lowest BCUT2D eigenvalue weighted by atomic mass is 9.84. The standard InChI is InChI=1S/C52H32O/c1-2-14-34(15-3-1)51-42-20-8-10-22-44(42)52(45-23-11-9-21-43(45)51)46-28-27-39(40-18-6-7-19-41(40)46)36-26-30-50-48(32-36)47-31-35(25-29-49(47)53-50)38-24-12-16-33-13-4-5-17-37(33)38/h1-32H/i1D,2D,3D,6D,7D,8D,9D,10D,11D,14D,15D,18D,19D,20D,21D,22D,23D,27D,28D. The Balaban J connectivity index is 1.32. The molecule has 0 aliphatic heterocycles. The molecule has 1 aromatic heterocycles. The van der Waals surface area contributed by atoms with Crippen LogP contribution in [-0.2, 0) is 0 Å². The van der Waals surface area contributed by atoms with Crippen LogP contribution in [0, 0.1) is 0 Å². The van der Waals surface area contributed by atoms with Gasteiger partial charge in [0.15, 0.2) is 0 Å². The Labute approximate surface area is 333 Å². The number of benzene rings is 10. The fourth-order valence-electron chi connectivity index (χ4n) is 7.42. The number of hydrogen-bond acceptors (Lipinski definition) is 1. The second-order valence-corrected chi connectivity index (χ2v) is 12.6. The minimum atomic E-state index is -0.870. The zero-order chi connectivity index (χ0) is 51.4. The van der Waals surface area contributed by atoms with Gasteiger partial charge in [0, 0.05) is 10.8 Å². The van der Waals surface area contributed by atoms with Crippen molar-refractivity contribution in [3.63, 3.8) is 0 Å². The lowest BCUT2D eigenvalue weighted by Gasteiger charge is -2.19. The molecule has 0 spiro atoms. The fourth-order valence-corrected chi connectivity index (χ4v) is 7.42. The largest absolute Gasteiger partial charge is 0.456 e. The first kappa shape index (κ1) is 16.6. The van der Waals surface area contributed by atoms with Gasteiger partial charge < -0.3 is 4.42 Å². The molecule has 0 atom stereocenters. The lowest BCUT2D eigenvalue weighted by Crippen LogP contribution is -1.92. The molecule has 53 heavy (non-hydrogen) atoms. The molecule has 1 nitrogen and oxygen atoms in total. The number of furan rings is 1. The second-order valence-electron chi connectivity index (χ2n) is 12.6. The van der Waals surface area contributed by atoms with Gasteiger partial charge in [-0.05, 0) is 112 Å². The minimum Gasteiger partial charge on any atom is -0.456 e. The van der Waals surface area contributed by atoms with E-state index in [2.05, 4.69) is 0 Å². The SMILES string of the molecule is [2H]c1c([2H])c([2H])c(-c2c3c([2H])c([2H])c([2H])c([2H])c3c(-c3c([2H])c([2H])c(-c4ccc5oc6ccc(-c7cccc8ccccc78)cc6c5c4)c4c([2H])c([2H])c([2H])c([2H])c34)c3c([2H])c([2H])c([2H])c([2H])c23)c([2H])c1[2H]. The smallest absolute Gasteiger partial charge is 0.135 e. The molecule has 0 aliphatic carbocycles. The van der Waals surface area contributed by atoms with Crippen molar-refractivity contribution >= 4 is 65.0 Å². The maximum absolute atomic E-state index is 9.93. The highest BCUT2D eigenvalue weighted by Gasteiger charge is 2.19. The molecule has 1 heteroatoms. The molecular weight excluding hydrogens is 641 g/mol. The van der Waals surface area contributed by atoms with Gasteiger partial charge in [0.2, 0.25) is 0 Å². The first-order chi connectivity index (χ1) is 34.2. The molecular formula is C52H32O. The summed E-state index contributed by atoms with van der Waals surface area (Å²) in [6.07, 6.45) is 0. The molecule has 1 heterocycles. The molecule has 0 amide bonds. The Morgan fingerprint density at radius 2 is 0.830 bits per heavy atom. The second kappa shape index (κ2) is 11.8. The summed E-state index contributed by atoms with van der Waals surface area (Å²) in [6, 6.07) is 9.18. The van der Waals surface area contributed by atoms with Crippen LogP contribution in [0.15, 0.2) is 198 Å². The fraction of sp³-hybridized carbons (Fsp3) is 0. The number of rotatable bonds is 4. The van der Waals surface area contributed by atoms with Gasteiger partial charge in [-0.25, -0.2) is 0 Å². The van der Waals surface area contributed by atoms with E-state index in [-0.39, 0.29) is 16.5 Å². The van der Waals surface area contributed by atoms with Crippen molar-refractivity contribution in [1.29, 1.82) is 0 Å². The zero-order valence-electron chi connectivity index (χ0n) is 46.4. The third-order valence-electron chi connectivity index (χ3n) is 9.73. The van der Waals surface area contributed by atoms with E-state index in [9.17, 15) is 11.0 Å². The van der Waals surface area contributed by atoms with Gasteiger partial charge in [-0.1, -0.05) is 169 Å². The maximum atomic E-state index is 9.93. The lowest BCUT2D eigenvalue weighted by molar-refractivity contribution is 0.669. The molecule has 0 bridgehead atoms. The Morgan fingerprint density at radius 1 is 0.321 bits per heavy atom. The zero-order valence-corrected chi connectivity index (χ0v) is 27.4. The van der Waals surface area contributed by atoms with Crippen molar-refractivity contribution in [2.75, 3.05) is 0 Å². The molecule has 0 saturated heterocycles. The highest BCUT2D eigenvalue weighted by Crippen LogP contribution is 2.47. The Kier molecular flexibility index (Phi) is 3.69. The molecule has 0 radical (unpaired) electrons. The van der Waals surface area contributed by atoms with Crippen LogP contribution in [0.5, 0.6) is 0 Å². The summed E-state index contributed by atoms with van der Waals surface area (Å²) >= 11 is 0. The summed E-state index contributed by atoms with van der Waals surface area (Å²) in [5.41, 5.74) is 0.621. The summed E-state index contributed by atoms with van der Waals surface area (Å²) in [5.74, 6) is 0. The molecule has 0 unspecified atom stereocenters. The van der Waals surface area contributed by atoms with Crippen LogP contribution in [0.4, 0.5) is 0 Å². The average Bonchev–Trinajstić information content (AvgIpc) is 3.75. The maximum Gasteiger partial charge on any atom is 0.135 e. The quantitative estimate of drug-likeness (QED) is 0.167. The van der Waals surface area contributed by atoms with Crippen molar-refractivity contribution in [2.45, 2.75) is 0 Å². The van der Waals surface area contributed by atoms with E-state index in [1.165, 1.54) is 0 Å². The highest BCUT2D eigenvalue weighted by molar-refractivity contribution is 6.24. The summed E-state index contributed by atoms with van der Waals surface area (Å²) in [7, 11) is 0. The van der Waals surface area contributed by atoms with Crippen molar-refractivity contribution < 1.29 is 30.5 Å². The molecule has 246 valence electrons. The van der Waals surface area contributed by atoms with Crippen LogP contribution in [0.1, 0.15) is 26.0 Å². The summed E-state index contributed by atoms with van der Waals surface area (Å²) < 4.78 is 179. The normalized spacial score (nSPS) is 16.8. The molecule has 0 saturated carbocycles. The van der Waals surface area contributed by atoms with Gasteiger partial charge in [-0.3, -0.25) is 0 Å². The summed E-state index contributed by atoms with van der Waals surface area (Å²) in [6.45, 7) is 0. The summed E-state index contributed by atoms with van der Waals surface area (Å²) in [4.78, 5) is 0. The third kappa shape index (κ3) is 4.64. The van der Waals surface area contributed by atoms with Gasteiger partial charge in [0.1, 0.15) is 11.2 Å². The highest BCUT2D eigenvalue weighted by atomic mass is 16.3. The predicted molar refractivity (Wildman–Crippen MR) is 225 cm³/mol. The van der Waals surface area contributed by atoms with Crippen LogP contribution in [0.2, 0.25) is 0 Å². The van der Waals surface area contributed by atoms with Crippen LogP contribution in [0.3, 0.4) is 0 Å². The molecule has 0 aliphatic rings. The van der Waals surface area contributed by atoms with E-state index in [1.807, 2.05) is 60.7 Å². The molecule has 10 aromatic carbocycles. The van der Waals surface area contributed by atoms with Gasteiger partial charge in [-0.15, -0.1) is 0 Å². The van der Waals surface area contributed by atoms with Gasteiger partial charge in [0.05, 0.1) is 26.0 Å². The monoisotopic (exact) mass is 691 g/mol. The van der Waals surface area contributed by atoms with Crippen LogP contribution >= 0.6 is 0 Å². The Hall–Kier alpha value is -6.96. The van der Waals surface area contributed by atoms with Crippen LogP contribution in [0.25, 0.3) is 110 Å². The van der Waals surface area contributed by atoms with E-state index in [1.54, 1.807) is 18.2 Å². The Bertz CT molecular complexity index is 4220. The molecule has 11 rings (SSSR count). The van der Waals surface area contributed by atoms with E-state index < -0.39 is 164 Å².